The van der Waals surface area contributed by atoms with E-state index in [2.05, 4.69) is 36.0 Å². The standard InChI is InChI=1S/C28H26F3N9O/c29-28(30,31)23-4-1-17(11-34-23)26(41)40-19-2-3-20(40)10-21(9-19)38-14-27(15-38,6-7-32)39-13-18(12-37-39)24-22-5-8-33-25(22)36-16-35-24/h1,4-5,8,11-13,16,19-21H,2-3,6,9-10,14-15H2,(H,33,35,36). The second kappa shape index (κ2) is 9.37. The molecule has 2 atom stereocenters. The third-order valence-electron chi connectivity index (χ3n) is 8.86. The van der Waals surface area contributed by atoms with Crippen molar-refractivity contribution < 1.29 is 18.0 Å². The van der Waals surface area contributed by atoms with Gasteiger partial charge in [0.2, 0.25) is 0 Å². The summed E-state index contributed by atoms with van der Waals surface area (Å²) in [5.74, 6) is -0.259. The summed E-state index contributed by atoms with van der Waals surface area (Å²) >= 11 is 0. The molecule has 3 saturated heterocycles. The zero-order valence-corrected chi connectivity index (χ0v) is 21.9. The van der Waals surface area contributed by atoms with E-state index in [9.17, 15) is 23.2 Å². The summed E-state index contributed by atoms with van der Waals surface area (Å²) in [5.41, 5.74) is 1.11. The molecule has 4 aromatic rings. The van der Waals surface area contributed by atoms with Crippen LogP contribution in [0, 0.1) is 11.3 Å². The second-order valence-electron chi connectivity index (χ2n) is 11.3. The van der Waals surface area contributed by atoms with Gasteiger partial charge in [0, 0.05) is 60.8 Å². The lowest BCUT2D eigenvalue weighted by molar-refractivity contribution is -0.141. The molecule has 2 bridgehead atoms. The van der Waals surface area contributed by atoms with Crippen LogP contribution in [0.5, 0.6) is 0 Å². The molecule has 7 rings (SSSR count). The van der Waals surface area contributed by atoms with Crippen molar-refractivity contribution in [2.24, 2.45) is 0 Å². The minimum Gasteiger partial charge on any atom is -0.346 e. The number of carbonyl (C=O) groups is 1. The molecule has 3 aliphatic rings. The molecule has 13 heteroatoms. The van der Waals surface area contributed by atoms with Gasteiger partial charge >= 0.3 is 6.18 Å². The van der Waals surface area contributed by atoms with E-state index in [1.54, 1.807) is 6.20 Å². The second-order valence-corrected chi connectivity index (χ2v) is 11.3. The van der Waals surface area contributed by atoms with Crippen molar-refractivity contribution in [3.63, 3.8) is 0 Å². The van der Waals surface area contributed by atoms with Crippen LogP contribution in [0.25, 0.3) is 22.3 Å². The molecule has 0 aromatic carbocycles. The Balaban J connectivity index is 1.05. The quantitative estimate of drug-likeness (QED) is 0.391. The molecule has 0 spiro atoms. The first-order chi connectivity index (χ1) is 19.8. The summed E-state index contributed by atoms with van der Waals surface area (Å²) in [6.07, 6.45) is 7.18. The summed E-state index contributed by atoms with van der Waals surface area (Å²) in [5, 5.41) is 15.2. The molecular formula is C28H26F3N9O. The van der Waals surface area contributed by atoms with E-state index in [0.29, 0.717) is 19.5 Å². The van der Waals surface area contributed by atoms with E-state index < -0.39 is 17.4 Å². The first-order valence-corrected chi connectivity index (χ1v) is 13.6. The molecule has 7 heterocycles. The van der Waals surface area contributed by atoms with Gasteiger partial charge < -0.3 is 9.88 Å². The van der Waals surface area contributed by atoms with Gasteiger partial charge in [0.15, 0.2) is 0 Å². The predicted octanol–water partition coefficient (Wildman–Crippen LogP) is 4.00. The van der Waals surface area contributed by atoms with E-state index in [1.165, 1.54) is 12.4 Å². The zero-order chi connectivity index (χ0) is 28.4. The molecular weight excluding hydrogens is 535 g/mol. The number of hydrogen-bond donors (Lipinski definition) is 1. The normalized spacial score (nSPS) is 23.9. The Hall–Kier alpha value is -4.31. The highest BCUT2D eigenvalue weighted by Crippen LogP contribution is 2.43. The number of alkyl halides is 3. The van der Waals surface area contributed by atoms with Gasteiger partial charge in [-0.3, -0.25) is 19.4 Å². The predicted molar refractivity (Wildman–Crippen MR) is 140 cm³/mol. The van der Waals surface area contributed by atoms with Crippen LogP contribution >= 0.6 is 0 Å². The van der Waals surface area contributed by atoms with Gasteiger partial charge in [0.05, 0.1) is 29.9 Å². The van der Waals surface area contributed by atoms with E-state index in [0.717, 1.165) is 60.2 Å². The van der Waals surface area contributed by atoms with Gasteiger partial charge in [-0.1, -0.05) is 0 Å². The highest BCUT2D eigenvalue weighted by atomic mass is 19.4. The molecule has 210 valence electrons. The maximum absolute atomic E-state index is 13.3. The molecule has 3 aliphatic heterocycles. The molecule has 0 radical (unpaired) electrons. The van der Waals surface area contributed by atoms with Crippen LogP contribution in [-0.4, -0.2) is 76.6 Å². The number of pyridine rings is 1. The van der Waals surface area contributed by atoms with E-state index >= 15 is 0 Å². The fraction of sp³-hybridized carbons (Fsp3) is 0.429. The Labute approximate surface area is 232 Å². The number of nitriles is 1. The van der Waals surface area contributed by atoms with E-state index in [-0.39, 0.29) is 29.6 Å². The van der Waals surface area contributed by atoms with Crippen LogP contribution in [0.2, 0.25) is 0 Å². The van der Waals surface area contributed by atoms with Crippen molar-refractivity contribution in [3.8, 4) is 17.3 Å². The maximum atomic E-state index is 13.3. The van der Waals surface area contributed by atoms with Crippen LogP contribution in [0.15, 0.2) is 49.3 Å². The van der Waals surface area contributed by atoms with Crippen LogP contribution in [-0.2, 0) is 11.7 Å². The number of piperidine rings is 1. The van der Waals surface area contributed by atoms with Crippen molar-refractivity contribution in [1.82, 2.24) is 39.5 Å². The van der Waals surface area contributed by atoms with Crippen molar-refractivity contribution in [3.05, 3.63) is 60.6 Å². The Morgan fingerprint density at radius 1 is 1.07 bits per heavy atom. The Morgan fingerprint density at radius 2 is 1.85 bits per heavy atom. The highest BCUT2D eigenvalue weighted by molar-refractivity contribution is 5.94. The van der Waals surface area contributed by atoms with Crippen LogP contribution in [0.1, 0.15) is 48.2 Å². The van der Waals surface area contributed by atoms with Gasteiger partial charge in [0.25, 0.3) is 5.91 Å². The Morgan fingerprint density at radius 3 is 2.54 bits per heavy atom. The largest absolute Gasteiger partial charge is 0.433 e. The minimum absolute atomic E-state index is 0.0253. The number of amides is 1. The molecule has 0 saturated carbocycles. The molecule has 0 aliphatic carbocycles. The number of fused-ring (bicyclic) bond motifs is 3. The molecule has 4 aromatic heterocycles. The minimum atomic E-state index is -4.54. The maximum Gasteiger partial charge on any atom is 0.433 e. The van der Waals surface area contributed by atoms with Gasteiger partial charge in [-0.25, -0.2) is 9.97 Å². The third kappa shape index (κ3) is 4.24. The number of likely N-dealkylation sites (tertiary alicyclic amines) is 1. The SMILES string of the molecule is N#CCC1(n2cc(-c3ncnc4[nH]ccc34)cn2)CN(C2CC3CCC(C2)N3C(=O)c2ccc(C(F)(F)F)nc2)C1. The lowest BCUT2D eigenvalue weighted by atomic mass is 9.82. The highest BCUT2D eigenvalue weighted by Gasteiger charge is 2.52. The molecule has 41 heavy (non-hydrogen) atoms. The average Bonchev–Trinajstić information content (AvgIpc) is 3.68. The van der Waals surface area contributed by atoms with Crippen LogP contribution < -0.4 is 0 Å². The number of aromatic amines is 1. The summed E-state index contributed by atoms with van der Waals surface area (Å²) < 4.78 is 40.6. The lowest BCUT2D eigenvalue weighted by Crippen LogP contribution is -2.67. The number of H-pyrrole nitrogens is 1. The molecule has 1 N–H and O–H groups in total. The number of nitrogens with one attached hydrogen (secondary N) is 1. The fourth-order valence-electron chi connectivity index (χ4n) is 6.87. The van der Waals surface area contributed by atoms with Crippen molar-refractivity contribution >= 4 is 16.9 Å². The average molecular weight is 562 g/mol. The number of aromatic nitrogens is 6. The van der Waals surface area contributed by atoms with E-state index in [1.807, 2.05) is 28.0 Å². The van der Waals surface area contributed by atoms with Crippen molar-refractivity contribution in [2.75, 3.05) is 13.1 Å². The van der Waals surface area contributed by atoms with Crippen LogP contribution in [0.4, 0.5) is 13.2 Å². The first kappa shape index (κ1) is 25.6. The molecule has 1 amide bonds. The van der Waals surface area contributed by atoms with Gasteiger partial charge in [0.1, 0.15) is 23.2 Å². The number of carbonyl (C=O) groups excluding carboxylic acids is 1. The summed E-state index contributed by atoms with van der Waals surface area (Å²) in [7, 11) is 0. The number of hydrogen-bond acceptors (Lipinski definition) is 7. The summed E-state index contributed by atoms with van der Waals surface area (Å²) in [6, 6.07) is 6.66. The van der Waals surface area contributed by atoms with Crippen molar-refractivity contribution in [2.45, 2.75) is 61.9 Å². The topological polar surface area (TPSA) is 120 Å². The number of nitrogens with zero attached hydrogens (tertiary/aromatic N) is 8. The number of halogens is 3. The molecule has 2 unspecified atom stereocenters. The van der Waals surface area contributed by atoms with Crippen molar-refractivity contribution in [1.29, 1.82) is 5.26 Å². The van der Waals surface area contributed by atoms with Gasteiger partial charge in [-0.2, -0.15) is 23.5 Å². The van der Waals surface area contributed by atoms with Gasteiger partial charge in [-0.05, 0) is 43.9 Å². The Bertz CT molecular complexity index is 1630. The fourth-order valence-corrected chi connectivity index (χ4v) is 6.87. The van der Waals surface area contributed by atoms with Crippen LogP contribution in [0.3, 0.4) is 0 Å². The summed E-state index contributed by atoms with van der Waals surface area (Å²) in [4.78, 5) is 32.8. The summed E-state index contributed by atoms with van der Waals surface area (Å²) in [6.45, 7) is 1.35. The lowest BCUT2D eigenvalue weighted by Gasteiger charge is -2.54. The smallest absolute Gasteiger partial charge is 0.346 e. The Kier molecular flexibility index (Phi) is 5.86. The van der Waals surface area contributed by atoms with E-state index in [4.69, 9.17) is 0 Å². The first-order valence-electron chi connectivity index (χ1n) is 13.6. The molecule has 3 fully saturated rings. The molecule has 10 nitrogen and oxygen atoms in total. The van der Waals surface area contributed by atoms with Gasteiger partial charge in [-0.15, -0.1) is 0 Å². The zero-order valence-electron chi connectivity index (χ0n) is 21.9. The monoisotopic (exact) mass is 561 g/mol. The third-order valence-corrected chi connectivity index (χ3v) is 8.86. The number of rotatable bonds is 5.